The molecule has 0 fully saturated rings. The van der Waals surface area contributed by atoms with Gasteiger partial charge in [-0.25, -0.2) is 0 Å². The van der Waals surface area contributed by atoms with Crippen molar-refractivity contribution in [3.05, 3.63) is 0 Å². The average molecular weight is 375 g/mol. The largest absolute Gasteiger partial charge is 0.481 e. The van der Waals surface area contributed by atoms with Gasteiger partial charge in [-0.3, -0.25) is 9.59 Å². The lowest BCUT2D eigenvalue weighted by Crippen LogP contribution is -1.93. The summed E-state index contributed by atoms with van der Waals surface area (Å²) in [4.78, 5) is 20.0. The maximum absolute atomic E-state index is 10.3. The van der Waals surface area contributed by atoms with Gasteiger partial charge in [0.05, 0.1) is 0 Å². The van der Waals surface area contributed by atoms with E-state index in [1.807, 2.05) is 0 Å². The molecule has 0 radical (unpaired) electrons. The Balaban J connectivity index is 0. The first-order valence-electron chi connectivity index (χ1n) is 10.5. The number of unbranched alkanes of at least 4 members (excludes halogenated alkanes) is 14. The summed E-state index contributed by atoms with van der Waals surface area (Å²) in [6, 6.07) is 0. The Bertz CT molecular complexity index is 293. The third kappa shape index (κ3) is 31.7. The Morgan fingerprint density at radius 1 is 0.640 bits per heavy atom. The van der Waals surface area contributed by atoms with Crippen molar-refractivity contribution in [1.29, 1.82) is 0 Å². The molecule has 25 heavy (non-hydrogen) atoms. The molecule has 0 aromatic rings. The molecule has 150 valence electrons. The molecule has 0 aliphatic rings. The first-order valence-corrected chi connectivity index (χ1v) is 10.9. The number of carboxylic acid groups (broad SMARTS) is 1. The van der Waals surface area contributed by atoms with Crippen LogP contribution in [0.1, 0.15) is 123 Å². The van der Waals surface area contributed by atoms with Crippen LogP contribution in [0.15, 0.2) is 0 Å². The van der Waals surface area contributed by atoms with Gasteiger partial charge in [0.1, 0.15) is 0 Å². The minimum absolute atomic E-state index is 0.0509. The number of thiol groups is 1. The average Bonchev–Trinajstić information content (AvgIpc) is 2.58. The molecule has 0 aliphatic carbocycles. The van der Waals surface area contributed by atoms with E-state index in [2.05, 4.69) is 19.6 Å². The summed E-state index contributed by atoms with van der Waals surface area (Å²) in [5, 5.41) is 8.47. The van der Waals surface area contributed by atoms with Crippen LogP contribution in [0.5, 0.6) is 0 Å². The molecule has 0 atom stereocenters. The predicted molar refractivity (Wildman–Crippen MR) is 111 cm³/mol. The van der Waals surface area contributed by atoms with Crippen molar-refractivity contribution >= 4 is 23.7 Å². The molecule has 0 unspecified atom stereocenters. The topological polar surface area (TPSA) is 54.4 Å². The van der Waals surface area contributed by atoms with Gasteiger partial charge in [-0.15, -0.1) is 12.6 Å². The van der Waals surface area contributed by atoms with Crippen molar-refractivity contribution < 1.29 is 14.7 Å². The summed E-state index contributed by atoms with van der Waals surface area (Å²) in [6.45, 7) is 4.04. The van der Waals surface area contributed by atoms with Crippen molar-refractivity contribution in [2.24, 2.45) is 0 Å². The first kappa shape index (κ1) is 26.7. The van der Waals surface area contributed by atoms with Crippen LogP contribution in [0.3, 0.4) is 0 Å². The third-order valence-corrected chi connectivity index (χ3v) is 4.61. The second kappa shape index (κ2) is 23.5. The molecule has 0 aromatic carbocycles. The number of carbonyl (C=O) groups is 2. The minimum Gasteiger partial charge on any atom is -0.481 e. The van der Waals surface area contributed by atoms with Crippen molar-refractivity contribution in [1.82, 2.24) is 0 Å². The van der Waals surface area contributed by atoms with Crippen molar-refractivity contribution in [2.75, 3.05) is 0 Å². The Morgan fingerprint density at radius 3 is 1.16 bits per heavy atom. The summed E-state index contributed by atoms with van der Waals surface area (Å²) in [5.41, 5.74) is 0. The number of hydrogen-bond acceptors (Lipinski definition) is 2. The van der Waals surface area contributed by atoms with Crippen LogP contribution < -0.4 is 0 Å². The van der Waals surface area contributed by atoms with E-state index in [1.54, 1.807) is 6.92 Å². The highest BCUT2D eigenvalue weighted by Crippen LogP contribution is 2.13. The van der Waals surface area contributed by atoms with E-state index < -0.39 is 5.97 Å². The molecule has 0 rings (SSSR count). The highest BCUT2D eigenvalue weighted by atomic mass is 32.1. The minimum atomic E-state index is -0.653. The van der Waals surface area contributed by atoms with Gasteiger partial charge in [0.2, 0.25) is 0 Å². The van der Waals surface area contributed by atoms with E-state index in [9.17, 15) is 9.59 Å². The van der Waals surface area contributed by atoms with Gasteiger partial charge in [-0.05, 0) is 6.42 Å². The SMILES string of the molecule is CCC(=O)S.CCCCCCCCCCCCCCCCCC(=O)O. The Labute approximate surface area is 161 Å². The molecule has 3 nitrogen and oxygen atoms in total. The molecule has 1 N–H and O–H groups in total. The van der Waals surface area contributed by atoms with Crippen molar-refractivity contribution in [3.8, 4) is 0 Å². The molecule has 0 saturated heterocycles. The summed E-state index contributed by atoms with van der Waals surface area (Å²) in [7, 11) is 0. The van der Waals surface area contributed by atoms with Crippen molar-refractivity contribution in [3.63, 3.8) is 0 Å². The fourth-order valence-corrected chi connectivity index (χ4v) is 2.65. The lowest BCUT2D eigenvalue weighted by atomic mass is 10.0. The quantitative estimate of drug-likeness (QED) is 0.209. The molecule has 0 saturated carbocycles. The van der Waals surface area contributed by atoms with Gasteiger partial charge in [-0.2, -0.15) is 0 Å². The third-order valence-electron chi connectivity index (χ3n) is 4.30. The maximum atomic E-state index is 10.3. The standard InChI is InChI=1S/C18H36O2.C3H6OS/c1-2-3-4-5-6-7-8-9-10-11-12-13-14-15-16-17-18(19)20;1-2-3(4)5/h2-17H2,1H3,(H,19,20);2H2,1H3,(H,4,5). The zero-order valence-corrected chi connectivity index (χ0v) is 17.6. The van der Waals surface area contributed by atoms with E-state index in [-0.39, 0.29) is 5.12 Å². The molecule has 0 heterocycles. The normalized spacial score (nSPS) is 10.2. The summed E-state index contributed by atoms with van der Waals surface area (Å²) < 4.78 is 0. The highest BCUT2D eigenvalue weighted by molar-refractivity contribution is 7.96. The number of carbonyl (C=O) groups excluding carboxylic acids is 1. The lowest BCUT2D eigenvalue weighted by Gasteiger charge is -2.03. The molecule has 0 amide bonds. The highest BCUT2D eigenvalue weighted by Gasteiger charge is 1.97. The van der Waals surface area contributed by atoms with Crippen LogP contribution in [0.2, 0.25) is 0 Å². The van der Waals surface area contributed by atoms with E-state index in [1.165, 1.54) is 83.5 Å². The lowest BCUT2D eigenvalue weighted by molar-refractivity contribution is -0.137. The number of aliphatic carboxylic acids is 1. The number of rotatable bonds is 17. The Hall–Kier alpha value is -0.510. The molecule has 0 aliphatic heterocycles. The van der Waals surface area contributed by atoms with Crippen LogP contribution in [-0.4, -0.2) is 16.2 Å². The maximum Gasteiger partial charge on any atom is 0.303 e. The van der Waals surface area contributed by atoms with Crippen LogP contribution in [0.4, 0.5) is 0 Å². The monoisotopic (exact) mass is 374 g/mol. The molecule has 0 spiro atoms. The molecule has 0 aromatic heterocycles. The molecular formula is C21H42O3S. The fraction of sp³-hybridized carbons (Fsp3) is 0.905. The first-order chi connectivity index (χ1) is 12.0. The van der Waals surface area contributed by atoms with E-state index in [0.29, 0.717) is 12.8 Å². The zero-order chi connectivity index (χ0) is 19.2. The summed E-state index contributed by atoms with van der Waals surface area (Å²) in [6.07, 6.45) is 20.7. The number of carboxylic acids is 1. The van der Waals surface area contributed by atoms with Gasteiger partial charge in [0.15, 0.2) is 5.12 Å². The van der Waals surface area contributed by atoms with Gasteiger partial charge in [-0.1, -0.05) is 104 Å². The predicted octanol–water partition coefficient (Wildman–Crippen LogP) is 7.19. The second-order valence-electron chi connectivity index (χ2n) is 6.84. The van der Waals surface area contributed by atoms with Crippen LogP contribution in [0.25, 0.3) is 0 Å². The second-order valence-corrected chi connectivity index (χ2v) is 7.34. The fourth-order valence-electron chi connectivity index (χ4n) is 2.65. The van der Waals surface area contributed by atoms with E-state index in [4.69, 9.17) is 5.11 Å². The Morgan fingerprint density at radius 2 is 0.920 bits per heavy atom. The van der Waals surface area contributed by atoms with Gasteiger partial charge >= 0.3 is 5.97 Å². The summed E-state index contributed by atoms with van der Waals surface area (Å²) in [5.74, 6) is -0.653. The van der Waals surface area contributed by atoms with E-state index in [0.717, 1.165) is 12.8 Å². The molecule has 0 bridgehead atoms. The smallest absolute Gasteiger partial charge is 0.303 e. The zero-order valence-electron chi connectivity index (χ0n) is 16.7. The van der Waals surface area contributed by atoms with Crippen LogP contribution in [0, 0.1) is 0 Å². The molecule has 4 heteroatoms. The Kier molecular flexibility index (Phi) is 25.1. The van der Waals surface area contributed by atoms with Gasteiger partial charge < -0.3 is 5.11 Å². The number of hydrogen-bond donors (Lipinski definition) is 2. The van der Waals surface area contributed by atoms with Gasteiger partial charge in [0.25, 0.3) is 0 Å². The van der Waals surface area contributed by atoms with E-state index >= 15 is 0 Å². The van der Waals surface area contributed by atoms with Crippen LogP contribution >= 0.6 is 12.6 Å². The van der Waals surface area contributed by atoms with Crippen LogP contribution in [-0.2, 0) is 9.59 Å². The van der Waals surface area contributed by atoms with Crippen molar-refractivity contribution in [2.45, 2.75) is 123 Å². The molecular weight excluding hydrogens is 332 g/mol. The van der Waals surface area contributed by atoms with Gasteiger partial charge in [0, 0.05) is 12.8 Å². The summed E-state index contributed by atoms with van der Waals surface area (Å²) >= 11 is 3.46.